The molecule has 0 fully saturated rings. The van der Waals surface area contributed by atoms with Gasteiger partial charge in [-0.1, -0.05) is 26.8 Å². The number of rotatable bonds is 7. The van der Waals surface area contributed by atoms with Gasteiger partial charge in [-0.15, -0.1) is 0 Å². The van der Waals surface area contributed by atoms with Crippen LogP contribution >= 0.6 is 11.3 Å². The van der Waals surface area contributed by atoms with E-state index < -0.39 is 32.3 Å². The van der Waals surface area contributed by atoms with Gasteiger partial charge in [0, 0.05) is 21.3 Å². The monoisotopic (exact) mass is 533 g/mol. The van der Waals surface area contributed by atoms with Gasteiger partial charge >= 0.3 is 0 Å². The molecule has 37 heavy (non-hydrogen) atoms. The second-order valence-corrected chi connectivity index (χ2v) is 15.9. The minimum Gasteiger partial charge on any atom is -0.412 e. The number of nitrogens with zero attached hydrogens (tertiary/aromatic N) is 2. The van der Waals surface area contributed by atoms with Gasteiger partial charge in [-0.25, -0.2) is 4.85 Å². The van der Waals surface area contributed by atoms with Gasteiger partial charge in [-0.3, -0.25) is 20.4 Å². The van der Waals surface area contributed by atoms with Crippen molar-refractivity contribution in [3.63, 3.8) is 0 Å². The minimum atomic E-state index is -2.23. The maximum absolute atomic E-state index is 13.4. The molecule has 0 saturated carbocycles. The first kappa shape index (κ1) is 27.9. The summed E-state index contributed by atoms with van der Waals surface area (Å²) in [6.45, 7) is 19.9. The maximum Gasteiger partial charge on any atom is 0.269 e. The molecule has 0 radical (unpaired) electrons. The SMILES string of the molecule is [C-]#[N+]c1ccc(N[C@@H](C(=O)NNC(=O)c2ccc(C#N)cc2)[C@H](C)O[Si](C)(C)C(C)(C)C)c2ccsc12. The molecule has 0 unspecified atom stereocenters. The van der Waals surface area contributed by atoms with E-state index >= 15 is 0 Å². The first-order chi connectivity index (χ1) is 17.4. The van der Waals surface area contributed by atoms with Crippen LogP contribution in [0.25, 0.3) is 14.9 Å². The Morgan fingerprint density at radius 1 is 1.11 bits per heavy atom. The van der Waals surface area contributed by atoms with E-state index in [1.165, 1.54) is 35.6 Å². The van der Waals surface area contributed by atoms with E-state index in [0.717, 1.165) is 10.1 Å². The van der Waals surface area contributed by atoms with Crippen LogP contribution in [0.15, 0.2) is 47.8 Å². The van der Waals surface area contributed by atoms with Crippen LogP contribution in [0.4, 0.5) is 11.4 Å². The lowest BCUT2D eigenvalue weighted by Crippen LogP contribution is -2.55. The molecular weight excluding hydrogens is 502 g/mol. The smallest absolute Gasteiger partial charge is 0.269 e. The molecule has 1 aromatic heterocycles. The van der Waals surface area contributed by atoms with Gasteiger partial charge in [0.1, 0.15) is 6.04 Å². The third-order valence-electron chi connectivity index (χ3n) is 6.64. The molecule has 0 bridgehead atoms. The summed E-state index contributed by atoms with van der Waals surface area (Å²) in [5.41, 5.74) is 6.98. The van der Waals surface area contributed by atoms with Gasteiger partial charge < -0.3 is 9.74 Å². The third kappa shape index (κ3) is 6.36. The van der Waals surface area contributed by atoms with Crippen molar-refractivity contribution >= 4 is 52.9 Å². The van der Waals surface area contributed by atoms with Crippen LogP contribution in [0.2, 0.25) is 18.1 Å². The zero-order valence-electron chi connectivity index (χ0n) is 21.8. The summed E-state index contributed by atoms with van der Waals surface area (Å²) in [6, 6.07) is 12.7. The zero-order valence-corrected chi connectivity index (χ0v) is 23.6. The van der Waals surface area contributed by atoms with E-state index in [2.05, 4.69) is 54.9 Å². The zero-order chi connectivity index (χ0) is 27.4. The molecule has 3 N–H and O–H groups in total. The standard InChI is InChI=1S/C27H31N5O3SSi/c1-17(35-37(6,7)27(2,3)4)23(30-21-12-13-22(29-5)24-20(21)14-15-36-24)26(34)32-31-25(33)19-10-8-18(16-28)9-11-19/h8-15,17,23,30H,1-4,6-7H3,(H,31,33)(H,32,34)/t17-,23+/m0/s1. The Balaban J connectivity index is 1.86. The number of nitrogens with one attached hydrogen (secondary N) is 3. The topological polar surface area (TPSA) is 108 Å². The van der Waals surface area contributed by atoms with E-state index in [9.17, 15) is 9.59 Å². The predicted molar refractivity (Wildman–Crippen MR) is 150 cm³/mol. The van der Waals surface area contributed by atoms with Gasteiger partial charge in [0.05, 0.1) is 24.3 Å². The molecule has 2 atom stereocenters. The highest BCUT2D eigenvalue weighted by molar-refractivity contribution is 7.18. The Kier molecular flexibility index (Phi) is 8.39. The summed E-state index contributed by atoms with van der Waals surface area (Å²) in [5, 5.41) is 15.0. The predicted octanol–water partition coefficient (Wildman–Crippen LogP) is 5.98. The number of carbonyl (C=O) groups is 2. The number of anilines is 1. The molecular formula is C27H31N5O3SSi. The van der Waals surface area contributed by atoms with E-state index in [-0.39, 0.29) is 5.04 Å². The van der Waals surface area contributed by atoms with Crippen molar-refractivity contribution in [3.05, 3.63) is 70.4 Å². The molecule has 1 heterocycles. The number of fused-ring (bicyclic) bond motifs is 1. The highest BCUT2D eigenvalue weighted by atomic mass is 32.1. The van der Waals surface area contributed by atoms with E-state index in [1.54, 1.807) is 12.1 Å². The number of hydrogen-bond acceptors (Lipinski definition) is 6. The summed E-state index contributed by atoms with van der Waals surface area (Å²) in [5.74, 6) is -0.970. The fraction of sp³-hybridized carbons (Fsp3) is 0.333. The largest absolute Gasteiger partial charge is 0.412 e. The molecule has 0 spiro atoms. The van der Waals surface area contributed by atoms with Crippen LogP contribution in [0.1, 0.15) is 43.6 Å². The number of amides is 2. The number of hydrogen-bond donors (Lipinski definition) is 3. The van der Waals surface area contributed by atoms with Gasteiger partial charge in [-0.05, 0) is 66.8 Å². The molecule has 0 aliphatic rings. The Labute approximate surface area is 222 Å². The minimum absolute atomic E-state index is 0.0655. The van der Waals surface area contributed by atoms with Crippen LogP contribution in [0.3, 0.4) is 0 Å². The van der Waals surface area contributed by atoms with Gasteiger partial charge in [0.15, 0.2) is 8.32 Å². The molecule has 192 valence electrons. The Hall–Kier alpha value is -3.70. The van der Waals surface area contributed by atoms with Crippen molar-refractivity contribution < 1.29 is 14.0 Å². The summed E-state index contributed by atoms with van der Waals surface area (Å²) < 4.78 is 7.38. The number of thiophene rings is 1. The van der Waals surface area contributed by atoms with Crippen molar-refractivity contribution in [1.29, 1.82) is 5.26 Å². The van der Waals surface area contributed by atoms with Crippen molar-refractivity contribution in [2.75, 3.05) is 5.32 Å². The first-order valence-corrected chi connectivity index (χ1v) is 15.6. The molecule has 0 aliphatic carbocycles. The van der Waals surface area contributed by atoms with Gasteiger partial charge in [0.2, 0.25) is 5.69 Å². The van der Waals surface area contributed by atoms with Crippen LogP contribution in [0, 0.1) is 17.9 Å². The van der Waals surface area contributed by atoms with Crippen molar-refractivity contribution in [2.24, 2.45) is 0 Å². The summed E-state index contributed by atoms with van der Waals surface area (Å²) in [4.78, 5) is 29.6. The van der Waals surface area contributed by atoms with Crippen molar-refractivity contribution in [2.45, 2.75) is 58.0 Å². The van der Waals surface area contributed by atoms with Crippen molar-refractivity contribution in [1.82, 2.24) is 10.9 Å². The van der Waals surface area contributed by atoms with Crippen LogP contribution in [-0.4, -0.2) is 32.3 Å². The molecule has 0 saturated heterocycles. The second-order valence-electron chi connectivity index (χ2n) is 10.2. The normalized spacial score (nSPS) is 13.2. The summed E-state index contributed by atoms with van der Waals surface area (Å²) in [6.07, 6.45) is -0.526. The van der Waals surface area contributed by atoms with Crippen LogP contribution in [-0.2, 0) is 9.22 Å². The molecule has 0 aliphatic heterocycles. The molecule has 3 aromatic rings. The fourth-order valence-corrected chi connectivity index (χ4v) is 5.80. The average molecular weight is 534 g/mol. The molecule has 10 heteroatoms. The molecule has 2 aromatic carbocycles. The summed E-state index contributed by atoms with van der Waals surface area (Å²) >= 11 is 1.47. The summed E-state index contributed by atoms with van der Waals surface area (Å²) in [7, 11) is -2.23. The third-order valence-corrected chi connectivity index (χ3v) is 12.2. The highest BCUT2D eigenvalue weighted by Crippen LogP contribution is 2.39. The average Bonchev–Trinajstić information content (AvgIpc) is 3.35. The van der Waals surface area contributed by atoms with E-state index in [4.69, 9.17) is 16.3 Å². The Morgan fingerprint density at radius 3 is 2.38 bits per heavy atom. The van der Waals surface area contributed by atoms with Gasteiger partial charge in [-0.2, -0.15) is 16.6 Å². The van der Waals surface area contributed by atoms with E-state index in [0.29, 0.717) is 22.5 Å². The van der Waals surface area contributed by atoms with Crippen LogP contribution in [0.5, 0.6) is 0 Å². The number of hydrazine groups is 1. The molecule has 3 rings (SSSR count). The van der Waals surface area contributed by atoms with Crippen molar-refractivity contribution in [3.8, 4) is 6.07 Å². The lowest BCUT2D eigenvalue weighted by atomic mass is 10.1. The highest BCUT2D eigenvalue weighted by Gasteiger charge is 2.41. The van der Waals surface area contributed by atoms with Crippen LogP contribution < -0.4 is 16.2 Å². The maximum atomic E-state index is 13.4. The fourth-order valence-electron chi connectivity index (χ4n) is 3.50. The number of nitriles is 1. The van der Waals surface area contributed by atoms with Gasteiger partial charge in [0.25, 0.3) is 11.8 Å². The quantitative estimate of drug-likeness (QED) is 0.197. The lowest BCUT2D eigenvalue weighted by molar-refractivity contribution is -0.124. The molecule has 2 amide bonds. The number of carbonyl (C=O) groups excluding carboxylic acids is 2. The lowest BCUT2D eigenvalue weighted by Gasteiger charge is -2.40. The molecule has 8 nitrogen and oxygen atoms in total. The second kappa shape index (κ2) is 11.1. The Bertz CT molecular complexity index is 1380. The Morgan fingerprint density at radius 2 is 1.78 bits per heavy atom. The first-order valence-electron chi connectivity index (χ1n) is 11.8. The van der Waals surface area contributed by atoms with E-state index in [1.807, 2.05) is 24.4 Å². The number of benzene rings is 2.